The first-order valence-corrected chi connectivity index (χ1v) is 6.74. The molecule has 1 aliphatic rings. The van der Waals surface area contributed by atoms with Crippen molar-refractivity contribution < 1.29 is 9.90 Å². The predicted octanol–water partition coefficient (Wildman–Crippen LogP) is 2.58. The van der Waals surface area contributed by atoms with Gasteiger partial charge in [0.2, 0.25) is 5.91 Å². The van der Waals surface area contributed by atoms with Gasteiger partial charge in [-0.25, -0.2) is 0 Å². The number of rotatable bonds is 3. The van der Waals surface area contributed by atoms with Crippen LogP contribution in [0.25, 0.3) is 0 Å². The number of carbonyl (C=O) groups is 1. The number of carbonyl (C=O) groups excluding carboxylic acids is 1. The zero-order chi connectivity index (χ0) is 13.0. The molecule has 98 valence electrons. The molecule has 1 aliphatic heterocycles. The van der Waals surface area contributed by atoms with Crippen LogP contribution in [-0.4, -0.2) is 29.0 Å². The summed E-state index contributed by atoms with van der Waals surface area (Å²) in [7, 11) is 0. The lowest BCUT2D eigenvalue weighted by Crippen LogP contribution is -2.40. The van der Waals surface area contributed by atoms with E-state index in [1.807, 2.05) is 11.0 Å². The number of piperidine rings is 1. The van der Waals surface area contributed by atoms with Crippen LogP contribution >= 0.6 is 0 Å². The number of amides is 1. The van der Waals surface area contributed by atoms with E-state index in [1.54, 1.807) is 18.2 Å². The van der Waals surface area contributed by atoms with Crippen molar-refractivity contribution in [2.24, 2.45) is 5.92 Å². The molecule has 0 radical (unpaired) electrons. The maximum absolute atomic E-state index is 12.2. The quantitative estimate of drug-likeness (QED) is 0.892. The van der Waals surface area contributed by atoms with Gasteiger partial charge in [0.05, 0.1) is 6.42 Å². The minimum atomic E-state index is 0.179. The fraction of sp³-hybridized carbons (Fsp3) is 0.533. The van der Waals surface area contributed by atoms with E-state index >= 15 is 0 Å². The molecule has 0 bridgehead atoms. The first-order valence-electron chi connectivity index (χ1n) is 6.74. The molecule has 1 atom stereocenters. The van der Waals surface area contributed by atoms with E-state index in [-0.39, 0.29) is 11.7 Å². The van der Waals surface area contributed by atoms with Crippen LogP contribution in [0.1, 0.15) is 31.7 Å². The number of aromatic hydroxyl groups is 1. The van der Waals surface area contributed by atoms with Gasteiger partial charge in [0, 0.05) is 13.1 Å². The fourth-order valence-electron chi connectivity index (χ4n) is 2.58. The molecule has 1 amide bonds. The highest BCUT2D eigenvalue weighted by Crippen LogP contribution is 2.20. The van der Waals surface area contributed by atoms with Gasteiger partial charge >= 0.3 is 0 Å². The van der Waals surface area contributed by atoms with Gasteiger partial charge in [-0.05, 0) is 36.5 Å². The van der Waals surface area contributed by atoms with Gasteiger partial charge in [0.15, 0.2) is 0 Å². The Balaban J connectivity index is 1.95. The van der Waals surface area contributed by atoms with Gasteiger partial charge in [-0.1, -0.05) is 25.5 Å². The first kappa shape index (κ1) is 12.9. The molecule has 1 saturated heterocycles. The Morgan fingerprint density at radius 2 is 2.33 bits per heavy atom. The minimum Gasteiger partial charge on any atom is -0.508 e. The monoisotopic (exact) mass is 247 g/mol. The zero-order valence-corrected chi connectivity index (χ0v) is 10.9. The van der Waals surface area contributed by atoms with Gasteiger partial charge in [-0.3, -0.25) is 4.79 Å². The third-order valence-corrected chi connectivity index (χ3v) is 3.71. The topological polar surface area (TPSA) is 40.5 Å². The standard InChI is InChI=1S/C15H21NO2/c1-2-12-6-4-8-16(11-12)15(18)10-13-5-3-7-14(17)9-13/h3,5,7,9,12,17H,2,4,6,8,10-11H2,1H3. The van der Waals surface area contributed by atoms with E-state index in [1.165, 1.54) is 6.42 Å². The molecule has 1 aromatic rings. The Morgan fingerprint density at radius 1 is 1.50 bits per heavy atom. The minimum absolute atomic E-state index is 0.179. The van der Waals surface area contributed by atoms with Crippen LogP contribution < -0.4 is 0 Å². The molecule has 2 rings (SSSR count). The van der Waals surface area contributed by atoms with E-state index in [0.29, 0.717) is 12.3 Å². The molecular formula is C15H21NO2. The van der Waals surface area contributed by atoms with Crippen molar-refractivity contribution in [3.63, 3.8) is 0 Å². The van der Waals surface area contributed by atoms with Crippen molar-refractivity contribution >= 4 is 5.91 Å². The average molecular weight is 247 g/mol. The summed E-state index contributed by atoms with van der Waals surface area (Å²) in [4.78, 5) is 14.2. The molecule has 0 aromatic heterocycles. The van der Waals surface area contributed by atoms with Crippen molar-refractivity contribution in [2.45, 2.75) is 32.6 Å². The van der Waals surface area contributed by atoms with Crippen LogP contribution in [0.3, 0.4) is 0 Å². The molecule has 1 fully saturated rings. The summed E-state index contributed by atoms with van der Waals surface area (Å²) in [6.45, 7) is 3.97. The predicted molar refractivity (Wildman–Crippen MR) is 71.4 cm³/mol. The van der Waals surface area contributed by atoms with Crippen molar-refractivity contribution in [2.75, 3.05) is 13.1 Å². The van der Waals surface area contributed by atoms with Crippen LogP contribution in [-0.2, 0) is 11.2 Å². The van der Waals surface area contributed by atoms with Gasteiger partial charge in [-0.15, -0.1) is 0 Å². The second-order valence-electron chi connectivity index (χ2n) is 5.10. The van der Waals surface area contributed by atoms with E-state index in [2.05, 4.69) is 6.92 Å². The van der Waals surface area contributed by atoms with Crippen molar-refractivity contribution in [3.8, 4) is 5.75 Å². The number of hydrogen-bond acceptors (Lipinski definition) is 2. The largest absolute Gasteiger partial charge is 0.508 e. The molecule has 1 aromatic carbocycles. The Bertz CT molecular complexity index is 417. The molecule has 1 unspecified atom stereocenters. The van der Waals surface area contributed by atoms with Gasteiger partial charge < -0.3 is 10.0 Å². The molecular weight excluding hydrogens is 226 g/mol. The summed E-state index contributed by atoms with van der Waals surface area (Å²) in [6, 6.07) is 6.96. The molecule has 1 N–H and O–H groups in total. The number of hydrogen-bond donors (Lipinski definition) is 1. The molecule has 3 nitrogen and oxygen atoms in total. The summed E-state index contributed by atoms with van der Waals surface area (Å²) in [5.74, 6) is 1.07. The Kier molecular flexibility index (Phi) is 4.24. The smallest absolute Gasteiger partial charge is 0.227 e. The lowest BCUT2D eigenvalue weighted by atomic mass is 9.95. The number of nitrogens with zero attached hydrogens (tertiary/aromatic N) is 1. The lowest BCUT2D eigenvalue weighted by molar-refractivity contribution is -0.132. The highest BCUT2D eigenvalue weighted by atomic mass is 16.3. The number of phenols is 1. The van der Waals surface area contributed by atoms with E-state index < -0.39 is 0 Å². The fourth-order valence-corrected chi connectivity index (χ4v) is 2.58. The average Bonchev–Trinajstić information content (AvgIpc) is 2.39. The Labute approximate surface area is 108 Å². The van der Waals surface area contributed by atoms with Crippen molar-refractivity contribution in [3.05, 3.63) is 29.8 Å². The highest BCUT2D eigenvalue weighted by Gasteiger charge is 2.22. The highest BCUT2D eigenvalue weighted by molar-refractivity contribution is 5.79. The van der Waals surface area contributed by atoms with Crippen LogP contribution in [0.2, 0.25) is 0 Å². The maximum Gasteiger partial charge on any atom is 0.227 e. The summed E-state index contributed by atoms with van der Waals surface area (Å²) in [5, 5.41) is 9.39. The van der Waals surface area contributed by atoms with Crippen LogP contribution in [0, 0.1) is 5.92 Å². The molecule has 0 spiro atoms. The van der Waals surface area contributed by atoms with E-state index in [0.717, 1.165) is 31.5 Å². The summed E-state index contributed by atoms with van der Waals surface area (Å²) >= 11 is 0. The zero-order valence-electron chi connectivity index (χ0n) is 10.9. The van der Waals surface area contributed by atoms with Gasteiger partial charge in [0.1, 0.15) is 5.75 Å². The maximum atomic E-state index is 12.2. The number of likely N-dealkylation sites (tertiary alicyclic amines) is 1. The summed E-state index contributed by atoms with van der Waals surface area (Å²) < 4.78 is 0. The Morgan fingerprint density at radius 3 is 3.06 bits per heavy atom. The third-order valence-electron chi connectivity index (χ3n) is 3.71. The van der Waals surface area contributed by atoms with Crippen molar-refractivity contribution in [1.29, 1.82) is 0 Å². The summed E-state index contributed by atoms with van der Waals surface area (Å²) in [5.41, 5.74) is 0.888. The SMILES string of the molecule is CCC1CCCN(C(=O)Cc2cccc(O)c2)C1. The third kappa shape index (κ3) is 3.25. The van der Waals surface area contributed by atoms with Crippen LogP contribution in [0.4, 0.5) is 0 Å². The first-order chi connectivity index (χ1) is 8.69. The lowest BCUT2D eigenvalue weighted by Gasteiger charge is -2.32. The number of phenolic OH excluding ortho intramolecular Hbond substituents is 1. The molecule has 0 aliphatic carbocycles. The molecule has 3 heteroatoms. The van der Waals surface area contributed by atoms with E-state index in [4.69, 9.17) is 0 Å². The van der Waals surface area contributed by atoms with Gasteiger partial charge in [0.25, 0.3) is 0 Å². The number of benzene rings is 1. The van der Waals surface area contributed by atoms with Gasteiger partial charge in [-0.2, -0.15) is 0 Å². The molecule has 0 saturated carbocycles. The normalized spacial score (nSPS) is 19.8. The van der Waals surface area contributed by atoms with Crippen LogP contribution in [0.15, 0.2) is 24.3 Å². The molecule has 18 heavy (non-hydrogen) atoms. The van der Waals surface area contributed by atoms with Crippen molar-refractivity contribution in [1.82, 2.24) is 4.90 Å². The molecule has 1 heterocycles. The Hall–Kier alpha value is -1.51. The second kappa shape index (κ2) is 5.89. The summed E-state index contributed by atoms with van der Waals surface area (Å²) in [6.07, 6.45) is 3.90. The van der Waals surface area contributed by atoms with Crippen LogP contribution in [0.5, 0.6) is 5.75 Å². The second-order valence-corrected chi connectivity index (χ2v) is 5.10. The van der Waals surface area contributed by atoms with E-state index in [9.17, 15) is 9.90 Å².